The molecular formula is C15H14N2O4. The van der Waals surface area contributed by atoms with Crippen molar-refractivity contribution in [3.63, 3.8) is 0 Å². The number of non-ortho nitro benzene ring substituents is 1. The number of rotatable bonds is 4. The quantitative estimate of drug-likeness (QED) is 0.667. The fourth-order valence-electron chi connectivity index (χ4n) is 1.90. The Labute approximate surface area is 121 Å². The number of hydrogen-bond acceptors (Lipinski definition) is 4. The van der Waals surface area contributed by atoms with Crippen LogP contribution in [0.5, 0.6) is 5.75 Å². The van der Waals surface area contributed by atoms with Gasteiger partial charge >= 0.3 is 0 Å². The number of aromatic hydroxyl groups is 1. The predicted octanol–water partition coefficient (Wildman–Crippen LogP) is 2.54. The molecule has 0 fully saturated rings. The molecule has 0 aliphatic rings. The maximum Gasteiger partial charge on any atom is 0.270 e. The lowest BCUT2D eigenvalue weighted by Gasteiger charge is -2.08. The van der Waals surface area contributed by atoms with Crippen molar-refractivity contribution in [1.29, 1.82) is 0 Å². The molecule has 0 bridgehead atoms. The number of nitrogens with zero attached hydrogens (tertiary/aromatic N) is 1. The topological polar surface area (TPSA) is 92.5 Å². The first-order chi connectivity index (χ1) is 9.99. The Bertz CT molecular complexity index is 698. The number of benzene rings is 2. The molecule has 2 aromatic carbocycles. The molecule has 2 rings (SSSR count). The number of nitro benzene ring substituents is 1. The van der Waals surface area contributed by atoms with Gasteiger partial charge in [0.25, 0.3) is 11.6 Å². The number of aryl methyl sites for hydroxylation is 1. The maximum atomic E-state index is 12.1. The van der Waals surface area contributed by atoms with Gasteiger partial charge in [0.2, 0.25) is 0 Å². The van der Waals surface area contributed by atoms with Gasteiger partial charge in [-0.05, 0) is 18.6 Å². The monoisotopic (exact) mass is 286 g/mol. The number of para-hydroxylation sites is 1. The Balaban J connectivity index is 2.15. The standard InChI is InChI=1S/C15H14N2O4/c1-10-6-7-12(17(20)21)8-13(10)15(19)16-9-11-4-2-3-5-14(11)18/h2-8,18H,9H2,1H3,(H,16,19). The number of phenolic OH excluding ortho intramolecular Hbond substituents is 1. The van der Waals surface area contributed by atoms with Gasteiger partial charge in [-0.15, -0.1) is 0 Å². The van der Waals surface area contributed by atoms with Gasteiger partial charge in [-0.3, -0.25) is 14.9 Å². The van der Waals surface area contributed by atoms with E-state index in [1.807, 2.05) is 0 Å². The van der Waals surface area contributed by atoms with Crippen molar-refractivity contribution in [1.82, 2.24) is 5.32 Å². The molecule has 1 amide bonds. The average Bonchev–Trinajstić information content (AvgIpc) is 2.46. The third kappa shape index (κ3) is 3.36. The smallest absolute Gasteiger partial charge is 0.270 e. The highest BCUT2D eigenvalue weighted by Crippen LogP contribution is 2.18. The molecule has 0 aliphatic heterocycles. The van der Waals surface area contributed by atoms with Crippen LogP contribution in [0.4, 0.5) is 5.69 Å². The Kier molecular flexibility index (Phi) is 4.18. The molecule has 2 aromatic rings. The largest absolute Gasteiger partial charge is 0.508 e. The predicted molar refractivity (Wildman–Crippen MR) is 77.1 cm³/mol. The number of nitro groups is 1. The van der Waals surface area contributed by atoms with Crippen molar-refractivity contribution >= 4 is 11.6 Å². The first kappa shape index (κ1) is 14.5. The molecule has 0 saturated carbocycles. The van der Waals surface area contributed by atoms with E-state index in [9.17, 15) is 20.0 Å². The van der Waals surface area contributed by atoms with E-state index in [0.717, 1.165) is 0 Å². The van der Waals surface area contributed by atoms with E-state index < -0.39 is 10.8 Å². The first-order valence-corrected chi connectivity index (χ1v) is 6.29. The second kappa shape index (κ2) is 6.04. The van der Waals surface area contributed by atoms with Crippen LogP contribution in [0.25, 0.3) is 0 Å². The molecule has 0 heterocycles. The van der Waals surface area contributed by atoms with Gasteiger partial charge in [0.15, 0.2) is 0 Å². The van der Waals surface area contributed by atoms with Crippen LogP contribution >= 0.6 is 0 Å². The van der Waals surface area contributed by atoms with Gasteiger partial charge in [0, 0.05) is 29.8 Å². The Hall–Kier alpha value is -2.89. The summed E-state index contributed by atoms with van der Waals surface area (Å²) in [6.07, 6.45) is 0. The first-order valence-electron chi connectivity index (χ1n) is 6.29. The summed E-state index contributed by atoms with van der Waals surface area (Å²) in [4.78, 5) is 22.3. The second-order valence-corrected chi connectivity index (χ2v) is 4.57. The minimum atomic E-state index is -0.542. The van der Waals surface area contributed by atoms with E-state index in [0.29, 0.717) is 11.1 Å². The molecule has 0 aliphatic carbocycles. The van der Waals surface area contributed by atoms with Crippen LogP contribution in [0.15, 0.2) is 42.5 Å². The van der Waals surface area contributed by atoms with Crippen molar-refractivity contribution in [2.75, 3.05) is 0 Å². The minimum absolute atomic E-state index is 0.0913. The van der Waals surface area contributed by atoms with Crippen molar-refractivity contribution in [2.24, 2.45) is 0 Å². The SMILES string of the molecule is Cc1ccc([N+](=O)[O-])cc1C(=O)NCc1ccccc1O. The summed E-state index contributed by atoms with van der Waals surface area (Å²) >= 11 is 0. The molecule has 0 aromatic heterocycles. The van der Waals surface area contributed by atoms with Crippen LogP contribution in [0.2, 0.25) is 0 Å². The normalized spacial score (nSPS) is 10.1. The molecule has 0 unspecified atom stereocenters. The highest BCUT2D eigenvalue weighted by atomic mass is 16.6. The second-order valence-electron chi connectivity index (χ2n) is 4.57. The highest BCUT2D eigenvalue weighted by Gasteiger charge is 2.14. The molecule has 2 N–H and O–H groups in total. The average molecular weight is 286 g/mol. The molecule has 21 heavy (non-hydrogen) atoms. The Morgan fingerprint density at radius 3 is 2.67 bits per heavy atom. The lowest BCUT2D eigenvalue weighted by Crippen LogP contribution is -2.23. The van der Waals surface area contributed by atoms with E-state index in [1.54, 1.807) is 25.1 Å². The summed E-state index contributed by atoms with van der Waals surface area (Å²) in [5.41, 5.74) is 1.34. The fourth-order valence-corrected chi connectivity index (χ4v) is 1.90. The fraction of sp³-hybridized carbons (Fsp3) is 0.133. The van der Waals surface area contributed by atoms with Gasteiger partial charge in [0.1, 0.15) is 5.75 Å². The van der Waals surface area contributed by atoms with Gasteiger partial charge in [-0.1, -0.05) is 24.3 Å². The van der Waals surface area contributed by atoms with Crippen molar-refractivity contribution < 1.29 is 14.8 Å². The number of hydrogen-bond donors (Lipinski definition) is 2. The van der Waals surface area contributed by atoms with E-state index in [1.165, 1.54) is 24.3 Å². The van der Waals surface area contributed by atoms with Gasteiger partial charge in [-0.2, -0.15) is 0 Å². The zero-order valence-electron chi connectivity index (χ0n) is 11.4. The third-order valence-corrected chi connectivity index (χ3v) is 3.11. The van der Waals surface area contributed by atoms with Crippen molar-refractivity contribution in [2.45, 2.75) is 13.5 Å². The van der Waals surface area contributed by atoms with Crippen LogP contribution < -0.4 is 5.32 Å². The third-order valence-electron chi connectivity index (χ3n) is 3.11. The summed E-state index contributed by atoms with van der Waals surface area (Å²) in [6, 6.07) is 10.8. The molecule has 6 heteroatoms. The molecule has 0 spiro atoms. The molecule has 0 radical (unpaired) electrons. The lowest BCUT2D eigenvalue weighted by molar-refractivity contribution is -0.384. The van der Waals surface area contributed by atoms with Gasteiger partial charge in [0.05, 0.1) is 4.92 Å². The van der Waals surface area contributed by atoms with Crippen molar-refractivity contribution in [3.05, 3.63) is 69.3 Å². The molecule has 0 atom stereocenters. The van der Waals surface area contributed by atoms with Crippen LogP contribution in [0.1, 0.15) is 21.5 Å². The van der Waals surface area contributed by atoms with E-state index in [2.05, 4.69) is 5.32 Å². The molecule has 6 nitrogen and oxygen atoms in total. The van der Waals surface area contributed by atoms with Gasteiger partial charge < -0.3 is 10.4 Å². The highest BCUT2D eigenvalue weighted by molar-refractivity contribution is 5.96. The number of amides is 1. The number of carbonyl (C=O) groups excluding carboxylic acids is 1. The minimum Gasteiger partial charge on any atom is -0.508 e. The summed E-state index contributed by atoms with van der Waals surface area (Å²) in [6.45, 7) is 1.85. The number of phenols is 1. The number of carbonyl (C=O) groups is 1. The maximum absolute atomic E-state index is 12.1. The van der Waals surface area contributed by atoms with E-state index in [-0.39, 0.29) is 23.5 Å². The summed E-state index contributed by atoms with van der Waals surface area (Å²) in [5, 5.41) is 23.0. The van der Waals surface area contributed by atoms with Crippen LogP contribution in [-0.4, -0.2) is 15.9 Å². The summed E-state index contributed by atoms with van der Waals surface area (Å²) in [7, 11) is 0. The summed E-state index contributed by atoms with van der Waals surface area (Å²) in [5.74, 6) is -0.326. The summed E-state index contributed by atoms with van der Waals surface area (Å²) < 4.78 is 0. The van der Waals surface area contributed by atoms with Crippen LogP contribution in [0.3, 0.4) is 0 Å². The Morgan fingerprint density at radius 1 is 1.29 bits per heavy atom. The zero-order chi connectivity index (χ0) is 15.4. The van der Waals surface area contributed by atoms with Crippen molar-refractivity contribution in [3.8, 4) is 5.75 Å². The number of nitrogens with one attached hydrogen (secondary N) is 1. The molecule has 108 valence electrons. The van der Waals surface area contributed by atoms with Crippen LogP contribution in [-0.2, 0) is 6.54 Å². The van der Waals surface area contributed by atoms with Crippen LogP contribution in [0, 0.1) is 17.0 Å². The van der Waals surface area contributed by atoms with Gasteiger partial charge in [-0.25, -0.2) is 0 Å². The lowest BCUT2D eigenvalue weighted by atomic mass is 10.1. The van der Waals surface area contributed by atoms with E-state index in [4.69, 9.17) is 0 Å². The Morgan fingerprint density at radius 2 is 2.00 bits per heavy atom. The molecule has 0 saturated heterocycles. The van der Waals surface area contributed by atoms with E-state index >= 15 is 0 Å². The zero-order valence-corrected chi connectivity index (χ0v) is 11.4. The molecular weight excluding hydrogens is 272 g/mol.